The largest absolute Gasteiger partial charge is 0.496 e. The number of carbonyl (C=O) groups excluding carboxylic acids is 1. The van der Waals surface area contributed by atoms with E-state index in [1.165, 1.54) is 24.0 Å². The maximum absolute atomic E-state index is 11.2. The van der Waals surface area contributed by atoms with Gasteiger partial charge in [-0.1, -0.05) is 44.2 Å². The van der Waals surface area contributed by atoms with Crippen LogP contribution in [-0.4, -0.2) is 49.0 Å². The second kappa shape index (κ2) is 12.0. The number of anilines is 1. The molecule has 1 fully saturated rings. The zero-order chi connectivity index (χ0) is 22.9. The molecule has 174 valence electrons. The van der Waals surface area contributed by atoms with Gasteiger partial charge >= 0.3 is 0 Å². The van der Waals surface area contributed by atoms with Gasteiger partial charge in [0.05, 0.1) is 7.11 Å². The van der Waals surface area contributed by atoms with Crippen LogP contribution in [0.4, 0.5) is 5.69 Å². The van der Waals surface area contributed by atoms with Crippen molar-refractivity contribution in [3.05, 3.63) is 59.7 Å². The van der Waals surface area contributed by atoms with Crippen molar-refractivity contribution in [2.75, 3.05) is 38.6 Å². The summed E-state index contributed by atoms with van der Waals surface area (Å²) in [4.78, 5) is 16.4. The van der Waals surface area contributed by atoms with E-state index < -0.39 is 0 Å². The molecule has 1 heterocycles. The Bertz CT molecular complexity index is 842. The highest BCUT2D eigenvalue weighted by Crippen LogP contribution is 2.25. The lowest BCUT2D eigenvalue weighted by molar-refractivity contribution is -0.114. The Kier molecular flexibility index (Phi) is 9.12. The monoisotopic (exact) mass is 437 g/mol. The third kappa shape index (κ3) is 7.64. The van der Waals surface area contributed by atoms with Gasteiger partial charge in [0.1, 0.15) is 5.75 Å². The summed E-state index contributed by atoms with van der Waals surface area (Å²) < 4.78 is 5.53. The molecule has 0 atom stereocenters. The van der Waals surface area contributed by atoms with Gasteiger partial charge in [-0.2, -0.15) is 0 Å². The number of methoxy groups -OCH3 is 1. The summed E-state index contributed by atoms with van der Waals surface area (Å²) in [7, 11) is 1.75. The minimum atomic E-state index is -0.0313. The van der Waals surface area contributed by atoms with Gasteiger partial charge in [0.2, 0.25) is 5.91 Å². The van der Waals surface area contributed by atoms with E-state index >= 15 is 0 Å². The van der Waals surface area contributed by atoms with Crippen molar-refractivity contribution < 1.29 is 9.53 Å². The second-order valence-electron chi connectivity index (χ2n) is 9.50. The molecule has 1 saturated heterocycles. The predicted molar refractivity (Wildman–Crippen MR) is 132 cm³/mol. The first-order valence-electron chi connectivity index (χ1n) is 11.9. The molecule has 2 aromatic rings. The average molecular weight is 438 g/mol. The Balaban J connectivity index is 1.52. The van der Waals surface area contributed by atoms with E-state index in [1.54, 1.807) is 14.0 Å². The van der Waals surface area contributed by atoms with E-state index in [-0.39, 0.29) is 5.91 Å². The quantitative estimate of drug-likeness (QED) is 0.567. The molecule has 0 saturated carbocycles. The lowest BCUT2D eigenvalue weighted by Crippen LogP contribution is -2.39. The van der Waals surface area contributed by atoms with Gasteiger partial charge in [0.25, 0.3) is 0 Å². The highest BCUT2D eigenvalue weighted by atomic mass is 16.5. The number of likely N-dealkylation sites (tertiary alicyclic amines) is 1. The van der Waals surface area contributed by atoms with Gasteiger partial charge in [0, 0.05) is 44.4 Å². The standard InChI is InChI=1S/C27H39N3O2/c1-21(2)17-30(18-23-9-11-26(12-10-23)28-22(3)31)19-24-13-15-29(16-14-24)20-25-7-5-6-8-27(25)32-4/h5-12,21,24H,13-20H2,1-4H3,(H,28,31). The normalized spacial score (nSPS) is 15.3. The molecule has 0 spiro atoms. The lowest BCUT2D eigenvalue weighted by Gasteiger charge is -2.35. The zero-order valence-corrected chi connectivity index (χ0v) is 20.1. The topological polar surface area (TPSA) is 44.8 Å². The highest BCUT2D eigenvalue weighted by Gasteiger charge is 2.22. The molecule has 0 bridgehead atoms. The maximum atomic E-state index is 11.2. The summed E-state index contributed by atoms with van der Waals surface area (Å²) >= 11 is 0. The summed E-state index contributed by atoms with van der Waals surface area (Å²) in [6.45, 7) is 12.6. The number of nitrogens with zero attached hydrogens (tertiary/aromatic N) is 2. The fraction of sp³-hybridized carbons (Fsp3) is 0.519. The Labute approximate surface area is 193 Å². The van der Waals surface area contributed by atoms with Crippen molar-refractivity contribution in [2.45, 2.75) is 46.7 Å². The van der Waals surface area contributed by atoms with Crippen LogP contribution in [0.3, 0.4) is 0 Å². The Morgan fingerprint density at radius 1 is 1.12 bits per heavy atom. The number of benzene rings is 2. The van der Waals surface area contributed by atoms with E-state index in [1.807, 2.05) is 18.2 Å². The number of para-hydroxylation sites is 1. The van der Waals surface area contributed by atoms with E-state index in [0.717, 1.165) is 56.6 Å². The SMILES string of the molecule is COc1ccccc1CN1CCC(CN(Cc2ccc(NC(C)=O)cc2)CC(C)C)CC1. The van der Waals surface area contributed by atoms with Crippen LogP contribution in [0.1, 0.15) is 44.7 Å². The van der Waals surface area contributed by atoms with Crippen LogP contribution in [0.2, 0.25) is 0 Å². The van der Waals surface area contributed by atoms with Gasteiger partial charge in [-0.25, -0.2) is 0 Å². The molecule has 0 radical (unpaired) electrons. The number of nitrogens with one attached hydrogen (secondary N) is 1. The number of hydrogen-bond donors (Lipinski definition) is 1. The van der Waals surface area contributed by atoms with E-state index in [2.05, 4.69) is 59.3 Å². The molecule has 5 nitrogen and oxygen atoms in total. The number of carbonyl (C=O) groups is 1. The van der Waals surface area contributed by atoms with Crippen molar-refractivity contribution in [2.24, 2.45) is 11.8 Å². The van der Waals surface area contributed by atoms with Crippen LogP contribution in [0.5, 0.6) is 5.75 Å². The maximum Gasteiger partial charge on any atom is 0.221 e. The van der Waals surface area contributed by atoms with Crippen LogP contribution in [0.15, 0.2) is 48.5 Å². The van der Waals surface area contributed by atoms with Gasteiger partial charge in [-0.15, -0.1) is 0 Å². The van der Waals surface area contributed by atoms with E-state index in [0.29, 0.717) is 5.92 Å². The Morgan fingerprint density at radius 2 is 1.81 bits per heavy atom. The van der Waals surface area contributed by atoms with Crippen LogP contribution >= 0.6 is 0 Å². The van der Waals surface area contributed by atoms with Crippen molar-refractivity contribution in [3.63, 3.8) is 0 Å². The van der Waals surface area contributed by atoms with Crippen molar-refractivity contribution in [1.29, 1.82) is 0 Å². The number of amides is 1. The second-order valence-corrected chi connectivity index (χ2v) is 9.50. The van der Waals surface area contributed by atoms with E-state index in [4.69, 9.17) is 4.74 Å². The van der Waals surface area contributed by atoms with Gasteiger partial charge in [-0.3, -0.25) is 14.6 Å². The average Bonchev–Trinajstić information content (AvgIpc) is 2.76. The Morgan fingerprint density at radius 3 is 2.44 bits per heavy atom. The Hall–Kier alpha value is -2.37. The van der Waals surface area contributed by atoms with Crippen LogP contribution in [0.25, 0.3) is 0 Å². The molecule has 1 aliphatic rings. The molecule has 1 amide bonds. The molecule has 5 heteroatoms. The predicted octanol–water partition coefficient (Wildman–Crippen LogP) is 5.02. The first-order valence-corrected chi connectivity index (χ1v) is 11.9. The minimum absolute atomic E-state index is 0.0313. The van der Waals surface area contributed by atoms with Gasteiger partial charge in [0.15, 0.2) is 0 Å². The number of hydrogen-bond acceptors (Lipinski definition) is 4. The molecule has 1 N–H and O–H groups in total. The molecule has 1 aliphatic heterocycles. The fourth-order valence-electron chi connectivity index (χ4n) is 4.64. The molecule has 3 rings (SSSR count). The summed E-state index contributed by atoms with van der Waals surface area (Å²) in [6, 6.07) is 16.6. The summed E-state index contributed by atoms with van der Waals surface area (Å²) in [5.74, 6) is 2.33. The first kappa shape index (κ1) is 24.3. The smallest absolute Gasteiger partial charge is 0.221 e. The molecule has 0 aromatic heterocycles. The zero-order valence-electron chi connectivity index (χ0n) is 20.1. The molecular weight excluding hydrogens is 398 g/mol. The number of ether oxygens (including phenoxy) is 1. The van der Waals surface area contributed by atoms with Crippen molar-refractivity contribution in [1.82, 2.24) is 9.80 Å². The van der Waals surface area contributed by atoms with Gasteiger partial charge < -0.3 is 10.1 Å². The van der Waals surface area contributed by atoms with E-state index in [9.17, 15) is 4.79 Å². The highest BCUT2D eigenvalue weighted by molar-refractivity contribution is 5.88. The van der Waals surface area contributed by atoms with Crippen LogP contribution in [-0.2, 0) is 17.9 Å². The molecule has 0 aliphatic carbocycles. The summed E-state index contributed by atoms with van der Waals surface area (Å²) in [5.41, 5.74) is 3.44. The van der Waals surface area contributed by atoms with Crippen molar-refractivity contribution in [3.8, 4) is 5.75 Å². The molecular formula is C27H39N3O2. The molecule has 32 heavy (non-hydrogen) atoms. The minimum Gasteiger partial charge on any atom is -0.496 e. The summed E-state index contributed by atoms with van der Waals surface area (Å²) in [6.07, 6.45) is 2.48. The lowest BCUT2D eigenvalue weighted by atomic mass is 9.95. The van der Waals surface area contributed by atoms with Gasteiger partial charge in [-0.05, 0) is 61.5 Å². The van der Waals surface area contributed by atoms with Crippen molar-refractivity contribution >= 4 is 11.6 Å². The molecule has 2 aromatic carbocycles. The van der Waals surface area contributed by atoms with Crippen LogP contribution in [0, 0.1) is 11.8 Å². The summed E-state index contributed by atoms with van der Waals surface area (Å²) in [5, 5.41) is 2.85. The third-order valence-corrected chi connectivity index (χ3v) is 6.11. The number of rotatable bonds is 10. The fourth-order valence-corrected chi connectivity index (χ4v) is 4.64. The van der Waals surface area contributed by atoms with Crippen LogP contribution < -0.4 is 10.1 Å². The molecule has 0 unspecified atom stereocenters. The first-order chi connectivity index (χ1) is 15.4. The number of piperidine rings is 1. The third-order valence-electron chi connectivity index (χ3n) is 6.11.